The Morgan fingerprint density at radius 2 is 2.00 bits per heavy atom. The van der Waals surface area contributed by atoms with E-state index in [0.29, 0.717) is 18.4 Å². The molecule has 2 fully saturated rings. The number of anilines is 1. The third-order valence-electron chi connectivity index (χ3n) is 7.69. The van der Waals surface area contributed by atoms with Crippen molar-refractivity contribution in [1.29, 1.82) is 10.8 Å². The van der Waals surface area contributed by atoms with Crippen LogP contribution in [0.4, 0.5) is 5.82 Å². The van der Waals surface area contributed by atoms with E-state index < -0.39 is 0 Å². The van der Waals surface area contributed by atoms with Crippen LogP contribution in [0.1, 0.15) is 48.4 Å². The molecule has 192 valence electrons. The van der Waals surface area contributed by atoms with Gasteiger partial charge in [0.05, 0.1) is 19.3 Å². The van der Waals surface area contributed by atoms with Crippen LogP contribution in [0.2, 0.25) is 0 Å². The maximum Gasteiger partial charge on any atom is 0.209 e. The number of benzene rings is 1. The molecule has 9 heteroatoms. The van der Waals surface area contributed by atoms with Crippen LogP contribution in [0.15, 0.2) is 30.5 Å². The molecule has 3 atom stereocenters. The summed E-state index contributed by atoms with van der Waals surface area (Å²) in [5, 5.41) is 22.8. The minimum Gasteiger partial charge on any atom is -0.493 e. The number of fused-ring (bicyclic) bond motifs is 1. The molecule has 2 saturated heterocycles. The van der Waals surface area contributed by atoms with Crippen molar-refractivity contribution in [1.82, 2.24) is 14.8 Å². The molecule has 5 rings (SSSR count). The number of hydrogen-bond acceptors (Lipinski definition) is 7. The second-order valence-corrected chi connectivity index (χ2v) is 10.1. The van der Waals surface area contributed by atoms with Gasteiger partial charge in [-0.1, -0.05) is 6.07 Å². The Morgan fingerprint density at radius 3 is 2.72 bits per heavy atom. The van der Waals surface area contributed by atoms with Gasteiger partial charge in [-0.25, -0.2) is 0 Å². The lowest BCUT2D eigenvalue weighted by Gasteiger charge is -2.32. The molecule has 1 aromatic heterocycles. The molecule has 9 nitrogen and oxygen atoms in total. The molecule has 36 heavy (non-hydrogen) atoms. The minimum atomic E-state index is -0.277. The van der Waals surface area contributed by atoms with Gasteiger partial charge in [-0.05, 0) is 55.4 Å². The van der Waals surface area contributed by atoms with Crippen LogP contribution in [0, 0.1) is 22.7 Å². The van der Waals surface area contributed by atoms with Crippen molar-refractivity contribution in [3.63, 3.8) is 0 Å². The molecule has 0 aliphatic carbocycles. The van der Waals surface area contributed by atoms with Gasteiger partial charge in [0.1, 0.15) is 17.7 Å². The third kappa shape index (κ3) is 5.32. The molecule has 3 unspecified atom stereocenters. The summed E-state index contributed by atoms with van der Waals surface area (Å²) in [4.78, 5) is 12.7. The quantitative estimate of drug-likeness (QED) is 0.300. The summed E-state index contributed by atoms with van der Waals surface area (Å²) in [7, 11) is 0. The largest absolute Gasteiger partial charge is 0.493 e. The number of rotatable bonds is 10. The molecule has 2 aromatic rings. The van der Waals surface area contributed by atoms with Gasteiger partial charge in [0.25, 0.3) is 0 Å². The smallest absolute Gasteiger partial charge is 0.209 e. The highest BCUT2D eigenvalue weighted by atomic mass is 16.5. The van der Waals surface area contributed by atoms with Gasteiger partial charge in [-0.15, -0.1) is 0 Å². The highest BCUT2D eigenvalue weighted by Gasteiger charge is 2.30. The van der Waals surface area contributed by atoms with Crippen LogP contribution in [0.5, 0.6) is 5.75 Å². The van der Waals surface area contributed by atoms with Gasteiger partial charge >= 0.3 is 0 Å². The van der Waals surface area contributed by atoms with Crippen molar-refractivity contribution >= 4 is 24.7 Å². The van der Waals surface area contributed by atoms with E-state index in [4.69, 9.17) is 20.3 Å². The summed E-state index contributed by atoms with van der Waals surface area (Å²) in [6, 6.07) is 8.08. The Bertz CT molecular complexity index is 1070. The van der Waals surface area contributed by atoms with Gasteiger partial charge in [-0.2, -0.15) is 0 Å². The van der Waals surface area contributed by atoms with E-state index in [2.05, 4.69) is 33.5 Å². The molecule has 3 aliphatic heterocycles. The number of piperidine rings is 1. The molecule has 4 N–H and O–H groups in total. The van der Waals surface area contributed by atoms with Crippen LogP contribution in [-0.2, 0) is 16.1 Å². The SMILES string of the molecule is N=Cc1cc(C2NC(C=N)Nc3c2ccn3CC2CCOC2)ccc1OCCC1CCN(C=O)CC1. The number of nitrogens with one attached hydrogen (secondary N) is 4. The zero-order chi connectivity index (χ0) is 24.9. The maximum absolute atomic E-state index is 10.9. The molecular formula is C27H36N6O3. The van der Waals surface area contributed by atoms with Crippen molar-refractivity contribution in [2.45, 2.75) is 44.4 Å². The molecule has 1 aromatic carbocycles. The van der Waals surface area contributed by atoms with Gasteiger partial charge in [-0.3, -0.25) is 10.1 Å². The topological polar surface area (TPSA) is 115 Å². The summed E-state index contributed by atoms with van der Waals surface area (Å²) < 4.78 is 13.9. The summed E-state index contributed by atoms with van der Waals surface area (Å²) in [6.45, 7) is 4.77. The van der Waals surface area contributed by atoms with E-state index in [1.165, 1.54) is 12.4 Å². The maximum atomic E-state index is 10.9. The predicted molar refractivity (Wildman–Crippen MR) is 139 cm³/mol. The highest BCUT2D eigenvalue weighted by Crippen LogP contribution is 2.36. The lowest BCUT2D eigenvalue weighted by atomic mass is 9.94. The summed E-state index contributed by atoms with van der Waals surface area (Å²) in [5.74, 6) is 2.83. The monoisotopic (exact) mass is 492 g/mol. The first-order chi connectivity index (χ1) is 17.7. The zero-order valence-corrected chi connectivity index (χ0v) is 20.6. The van der Waals surface area contributed by atoms with Crippen LogP contribution in [0.25, 0.3) is 0 Å². The Labute approximate surface area is 212 Å². The van der Waals surface area contributed by atoms with Gasteiger partial charge < -0.3 is 35.1 Å². The normalized spacial score (nSPS) is 24.1. The first-order valence-corrected chi connectivity index (χ1v) is 12.9. The van der Waals surface area contributed by atoms with Gasteiger partial charge in [0.15, 0.2) is 0 Å². The zero-order valence-electron chi connectivity index (χ0n) is 20.6. The summed E-state index contributed by atoms with van der Waals surface area (Å²) in [6.07, 6.45) is 9.58. The number of amides is 1. The predicted octanol–water partition coefficient (Wildman–Crippen LogP) is 3.24. The Hall–Kier alpha value is -3.17. The van der Waals surface area contributed by atoms with Crippen LogP contribution in [0.3, 0.4) is 0 Å². The number of carbonyl (C=O) groups excluding carboxylic acids is 1. The standard InChI is InChI=1S/C27H36N6O3/c28-14-22-13-21(1-2-24(22)36-12-7-19-3-8-32(18-34)9-4-19)26-23-5-10-33(16-20-6-11-35-17-20)27(23)31-25(15-29)30-26/h1-2,5,10,13-15,18-20,25-26,28-31H,3-4,6-9,11-12,16-17H2. The fourth-order valence-corrected chi connectivity index (χ4v) is 5.54. The molecular weight excluding hydrogens is 456 g/mol. The number of hydrogen-bond donors (Lipinski definition) is 4. The second kappa shape index (κ2) is 11.3. The highest BCUT2D eigenvalue weighted by molar-refractivity contribution is 5.82. The van der Waals surface area contributed by atoms with Crippen LogP contribution in [-0.4, -0.2) is 67.4 Å². The first-order valence-electron chi connectivity index (χ1n) is 12.9. The minimum absolute atomic E-state index is 0.0929. The summed E-state index contributed by atoms with van der Waals surface area (Å²) >= 11 is 0. The number of ether oxygens (including phenoxy) is 2. The molecule has 0 spiro atoms. The van der Waals surface area contributed by atoms with E-state index in [1.807, 2.05) is 17.0 Å². The molecule has 4 heterocycles. The number of aromatic nitrogens is 1. The number of nitrogens with zero attached hydrogens (tertiary/aromatic N) is 2. The average Bonchev–Trinajstić information content (AvgIpc) is 3.59. The van der Waals surface area contributed by atoms with Crippen molar-refractivity contribution < 1.29 is 14.3 Å². The third-order valence-corrected chi connectivity index (χ3v) is 7.69. The van der Waals surface area contributed by atoms with E-state index >= 15 is 0 Å². The van der Waals surface area contributed by atoms with Crippen molar-refractivity contribution in [2.75, 3.05) is 38.2 Å². The number of carbonyl (C=O) groups is 1. The number of likely N-dealkylation sites (tertiary alicyclic amines) is 1. The van der Waals surface area contributed by atoms with E-state index in [0.717, 1.165) is 93.2 Å². The fourth-order valence-electron chi connectivity index (χ4n) is 5.54. The first kappa shape index (κ1) is 24.5. The fraction of sp³-hybridized carbons (Fsp3) is 0.519. The van der Waals surface area contributed by atoms with Crippen molar-refractivity contribution in [3.8, 4) is 5.75 Å². The second-order valence-electron chi connectivity index (χ2n) is 10.1. The molecule has 0 bridgehead atoms. The van der Waals surface area contributed by atoms with Crippen LogP contribution >= 0.6 is 0 Å². The Kier molecular flexibility index (Phi) is 7.67. The van der Waals surface area contributed by atoms with Gasteiger partial charge in [0.2, 0.25) is 6.41 Å². The van der Waals surface area contributed by atoms with E-state index in [9.17, 15) is 4.79 Å². The van der Waals surface area contributed by atoms with Crippen molar-refractivity contribution in [3.05, 3.63) is 47.2 Å². The van der Waals surface area contributed by atoms with Crippen molar-refractivity contribution in [2.24, 2.45) is 11.8 Å². The molecule has 0 saturated carbocycles. The van der Waals surface area contributed by atoms with Gasteiger partial charge in [0, 0.05) is 61.9 Å². The van der Waals surface area contributed by atoms with E-state index in [-0.39, 0.29) is 12.2 Å². The average molecular weight is 493 g/mol. The van der Waals surface area contributed by atoms with Crippen LogP contribution < -0.4 is 15.4 Å². The van der Waals surface area contributed by atoms with E-state index in [1.54, 1.807) is 0 Å². The Balaban J connectivity index is 1.28. The lowest BCUT2D eigenvalue weighted by Crippen LogP contribution is -2.45. The molecule has 3 aliphatic rings. The summed E-state index contributed by atoms with van der Waals surface area (Å²) in [5.41, 5.74) is 2.93. The molecule has 1 amide bonds. The Morgan fingerprint density at radius 1 is 1.14 bits per heavy atom. The molecule has 0 radical (unpaired) electrons. The lowest BCUT2D eigenvalue weighted by molar-refractivity contribution is -0.119.